The molecule has 3 aromatic rings. The number of nitrogens with one attached hydrogen (secondary N) is 2. The number of hydrogen-bond acceptors (Lipinski definition) is 3. The molecule has 3 aromatic carbocycles. The first kappa shape index (κ1) is 18.2. The Kier molecular flexibility index (Phi) is 5.53. The van der Waals surface area contributed by atoms with Gasteiger partial charge in [-0.25, -0.2) is 0 Å². The van der Waals surface area contributed by atoms with Crippen molar-refractivity contribution in [3.63, 3.8) is 0 Å². The molecule has 1 fully saturated rings. The minimum atomic E-state index is 0.234. The number of benzene rings is 3. The summed E-state index contributed by atoms with van der Waals surface area (Å²) in [4.78, 5) is 0. The normalized spacial score (nSPS) is 17.0. The maximum atomic E-state index is 6.63. The fourth-order valence-corrected chi connectivity index (χ4v) is 3.92. The summed E-state index contributed by atoms with van der Waals surface area (Å²) in [7, 11) is 0. The first-order valence-electron chi connectivity index (χ1n) is 9.01. The molecule has 0 aliphatic carbocycles. The molecule has 138 valence electrons. The zero-order valence-electron chi connectivity index (χ0n) is 14.7. The summed E-state index contributed by atoms with van der Waals surface area (Å²) in [5.41, 5.74) is 3.91. The van der Waals surface area contributed by atoms with Gasteiger partial charge in [-0.15, -0.1) is 0 Å². The van der Waals surface area contributed by atoms with Gasteiger partial charge >= 0.3 is 0 Å². The molecule has 4 nitrogen and oxygen atoms in total. The van der Waals surface area contributed by atoms with Crippen molar-refractivity contribution in [1.29, 1.82) is 0 Å². The monoisotopic (exact) mass is 397 g/mol. The lowest BCUT2D eigenvalue weighted by Gasteiger charge is -2.12. The summed E-state index contributed by atoms with van der Waals surface area (Å²) >= 11 is 11.9. The first-order chi connectivity index (χ1) is 13.2. The molecule has 1 heterocycles. The number of hydrogen-bond donors (Lipinski definition) is 2. The standard InChI is InChI=1S/C21H20ClN3OS/c22-20-17-9-3-1-7-15(17)19(16-8-2-4-10-18(16)20)13-24-25-21(27)23-12-14-6-5-11-26-14/h1-4,7-10,13-14H,5-6,11-12H2,(H2,23,25,27). The Bertz CT molecular complexity index is 958. The molecule has 0 aromatic heterocycles. The van der Waals surface area contributed by atoms with E-state index in [1.165, 1.54) is 0 Å². The third-order valence-electron chi connectivity index (χ3n) is 4.78. The maximum Gasteiger partial charge on any atom is 0.187 e. The summed E-state index contributed by atoms with van der Waals surface area (Å²) in [5, 5.41) is 12.9. The van der Waals surface area contributed by atoms with E-state index in [1.54, 1.807) is 6.21 Å². The van der Waals surface area contributed by atoms with E-state index in [2.05, 4.69) is 28.0 Å². The molecule has 0 saturated carbocycles. The van der Waals surface area contributed by atoms with Gasteiger partial charge in [0.15, 0.2) is 5.11 Å². The van der Waals surface area contributed by atoms with Gasteiger partial charge in [0.1, 0.15) is 0 Å². The predicted octanol–water partition coefficient (Wildman–Crippen LogP) is 4.62. The molecule has 6 heteroatoms. The van der Waals surface area contributed by atoms with Crippen LogP contribution >= 0.6 is 23.8 Å². The Morgan fingerprint density at radius 1 is 1.11 bits per heavy atom. The molecule has 1 aliphatic heterocycles. The minimum absolute atomic E-state index is 0.234. The number of hydrazone groups is 1. The van der Waals surface area contributed by atoms with Crippen LogP contribution < -0.4 is 10.7 Å². The Morgan fingerprint density at radius 2 is 1.74 bits per heavy atom. The van der Waals surface area contributed by atoms with E-state index >= 15 is 0 Å². The average Bonchev–Trinajstić information content (AvgIpc) is 3.23. The van der Waals surface area contributed by atoms with Gasteiger partial charge in [0.25, 0.3) is 0 Å². The van der Waals surface area contributed by atoms with Crippen LogP contribution in [0.25, 0.3) is 21.5 Å². The van der Waals surface area contributed by atoms with E-state index in [9.17, 15) is 0 Å². The van der Waals surface area contributed by atoms with Crippen LogP contribution in [0.15, 0.2) is 53.6 Å². The largest absolute Gasteiger partial charge is 0.376 e. The second-order valence-electron chi connectivity index (χ2n) is 6.53. The lowest BCUT2D eigenvalue weighted by Crippen LogP contribution is -2.37. The van der Waals surface area contributed by atoms with Crippen LogP contribution in [0.3, 0.4) is 0 Å². The highest BCUT2D eigenvalue weighted by molar-refractivity contribution is 7.80. The van der Waals surface area contributed by atoms with Crippen LogP contribution in [0.1, 0.15) is 18.4 Å². The highest BCUT2D eigenvalue weighted by Gasteiger charge is 2.15. The zero-order valence-corrected chi connectivity index (χ0v) is 16.3. The molecule has 27 heavy (non-hydrogen) atoms. The van der Waals surface area contributed by atoms with Crippen molar-refractivity contribution in [3.05, 3.63) is 59.1 Å². The zero-order chi connectivity index (χ0) is 18.6. The van der Waals surface area contributed by atoms with Gasteiger partial charge in [-0.2, -0.15) is 5.10 Å². The molecule has 0 spiro atoms. The average molecular weight is 398 g/mol. The molecule has 2 N–H and O–H groups in total. The minimum Gasteiger partial charge on any atom is -0.376 e. The smallest absolute Gasteiger partial charge is 0.187 e. The van der Waals surface area contributed by atoms with E-state index in [0.717, 1.165) is 51.6 Å². The molecule has 1 unspecified atom stereocenters. The van der Waals surface area contributed by atoms with Crippen molar-refractivity contribution in [2.24, 2.45) is 5.10 Å². The number of nitrogens with zero attached hydrogens (tertiary/aromatic N) is 1. The van der Waals surface area contributed by atoms with E-state index in [1.807, 2.05) is 36.4 Å². The van der Waals surface area contributed by atoms with Crippen LogP contribution in [0.2, 0.25) is 5.02 Å². The third-order valence-corrected chi connectivity index (χ3v) is 5.42. The lowest BCUT2D eigenvalue weighted by atomic mass is 9.97. The molecular formula is C21H20ClN3OS. The van der Waals surface area contributed by atoms with E-state index in [-0.39, 0.29) is 6.10 Å². The Labute approximate surface area is 168 Å². The summed E-state index contributed by atoms with van der Waals surface area (Å²) in [6.07, 6.45) is 4.22. The van der Waals surface area contributed by atoms with Crippen LogP contribution in [-0.2, 0) is 4.74 Å². The fraction of sp³-hybridized carbons (Fsp3) is 0.238. The van der Waals surface area contributed by atoms with Gasteiger partial charge in [0.2, 0.25) is 0 Å². The van der Waals surface area contributed by atoms with Crippen LogP contribution in [0, 0.1) is 0 Å². The topological polar surface area (TPSA) is 45.6 Å². The van der Waals surface area contributed by atoms with Gasteiger partial charge in [-0.3, -0.25) is 5.43 Å². The van der Waals surface area contributed by atoms with E-state index in [4.69, 9.17) is 28.6 Å². The number of rotatable bonds is 4. The number of ether oxygens (including phenoxy) is 1. The second-order valence-corrected chi connectivity index (χ2v) is 7.32. The highest BCUT2D eigenvalue weighted by atomic mass is 35.5. The Hall–Kier alpha value is -2.21. The molecule has 4 rings (SSSR count). The van der Waals surface area contributed by atoms with Gasteiger partial charge in [0.05, 0.1) is 17.3 Å². The first-order valence-corrected chi connectivity index (χ1v) is 9.80. The second kappa shape index (κ2) is 8.21. The van der Waals surface area contributed by atoms with Gasteiger partial charge in [-0.1, -0.05) is 60.1 Å². The fourth-order valence-electron chi connectivity index (χ4n) is 3.45. The summed E-state index contributed by atoms with van der Waals surface area (Å²) in [5.74, 6) is 0. The number of fused-ring (bicyclic) bond motifs is 2. The Morgan fingerprint density at radius 3 is 2.33 bits per heavy atom. The van der Waals surface area contributed by atoms with Crippen LogP contribution in [-0.4, -0.2) is 30.6 Å². The van der Waals surface area contributed by atoms with E-state index < -0.39 is 0 Å². The molecule has 0 amide bonds. The van der Waals surface area contributed by atoms with Crippen molar-refractivity contribution in [3.8, 4) is 0 Å². The molecule has 1 saturated heterocycles. The molecule has 1 atom stereocenters. The number of thiocarbonyl (C=S) groups is 1. The molecular weight excluding hydrogens is 378 g/mol. The van der Waals surface area contributed by atoms with Crippen molar-refractivity contribution in [2.75, 3.05) is 13.2 Å². The van der Waals surface area contributed by atoms with Crippen molar-refractivity contribution < 1.29 is 4.74 Å². The lowest BCUT2D eigenvalue weighted by molar-refractivity contribution is 0.114. The van der Waals surface area contributed by atoms with E-state index in [0.29, 0.717) is 11.7 Å². The molecule has 0 radical (unpaired) electrons. The summed E-state index contributed by atoms with van der Waals surface area (Å²) in [6, 6.07) is 16.2. The molecule has 0 bridgehead atoms. The predicted molar refractivity (Wildman–Crippen MR) is 117 cm³/mol. The van der Waals surface area contributed by atoms with Gasteiger partial charge < -0.3 is 10.1 Å². The van der Waals surface area contributed by atoms with Crippen molar-refractivity contribution in [1.82, 2.24) is 10.7 Å². The molecule has 1 aliphatic rings. The SMILES string of the molecule is S=C(NCC1CCCO1)NN=Cc1c2ccccc2c(Cl)c2ccccc12. The summed E-state index contributed by atoms with van der Waals surface area (Å²) < 4.78 is 5.58. The van der Waals surface area contributed by atoms with Gasteiger partial charge in [0, 0.05) is 29.5 Å². The summed E-state index contributed by atoms with van der Waals surface area (Å²) in [6.45, 7) is 1.54. The number of halogens is 1. The van der Waals surface area contributed by atoms with Crippen LogP contribution in [0.4, 0.5) is 0 Å². The van der Waals surface area contributed by atoms with Gasteiger partial charge in [-0.05, 0) is 35.8 Å². The highest BCUT2D eigenvalue weighted by Crippen LogP contribution is 2.35. The van der Waals surface area contributed by atoms with Crippen molar-refractivity contribution >= 4 is 56.7 Å². The van der Waals surface area contributed by atoms with Crippen LogP contribution in [0.5, 0.6) is 0 Å². The van der Waals surface area contributed by atoms with Crippen molar-refractivity contribution in [2.45, 2.75) is 18.9 Å². The maximum absolute atomic E-state index is 6.63. The quantitative estimate of drug-likeness (QED) is 0.292. The Balaban J connectivity index is 1.57. The third kappa shape index (κ3) is 3.90.